The van der Waals surface area contributed by atoms with Gasteiger partial charge in [-0.3, -0.25) is 0 Å². The zero-order chi connectivity index (χ0) is 13.5. The van der Waals surface area contributed by atoms with Crippen molar-refractivity contribution in [3.05, 3.63) is 10.3 Å². The molecule has 0 saturated heterocycles. The van der Waals surface area contributed by atoms with Gasteiger partial charge >= 0.3 is 0 Å². The van der Waals surface area contributed by atoms with E-state index in [0.29, 0.717) is 12.0 Å². The predicted octanol–water partition coefficient (Wildman–Crippen LogP) is 3.44. The molecule has 1 rings (SSSR count). The van der Waals surface area contributed by atoms with Crippen LogP contribution >= 0.6 is 15.9 Å². The van der Waals surface area contributed by atoms with Crippen molar-refractivity contribution in [2.75, 3.05) is 6.54 Å². The molecule has 0 aliphatic rings. The third-order valence-corrected chi connectivity index (χ3v) is 3.88. The number of aromatic nitrogens is 3. The molecule has 1 aromatic heterocycles. The normalized spacial score (nSPS) is 14.7. The molecule has 0 spiro atoms. The summed E-state index contributed by atoms with van der Waals surface area (Å²) in [6.07, 6.45) is 4.89. The minimum Gasteiger partial charge on any atom is -0.308 e. The van der Waals surface area contributed by atoms with Gasteiger partial charge in [0.05, 0.1) is 11.7 Å². The second-order valence-corrected chi connectivity index (χ2v) is 5.69. The maximum absolute atomic E-state index is 4.10. The van der Waals surface area contributed by atoms with Crippen LogP contribution in [0.3, 0.4) is 0 Å². The first-order chi connectivity index (χ1) is 8.61. The van der Waals surface area contributed by atoms with E-state index in [1.807, 2.05) is 11.7 Å². The molecule has 5 heteroatoms. The van der Waals surface area contributed by atoms with E-state index in [1.165, 1.54) is 19.3 Å². The van der Waals surface area contributed by atoms with Crippen LogP contribution in [0.15, 0.2) is 4.60 Å². The molecule has 0 fully saturated rings. The van der Waals surface area contributed by atoms with Gasteiger partial charge in [0.25, 0.3) is 0 Å². The number of unbranched alkanes of at least 4 members (excludes halogenated alkanes) is 1. The van der Waals surface area contributed by atoms with Gasteiger partial charge in [-0.25, -0.2) is 4.68 Å². The molecule has 0 aliphatic heterocycles. The van der Waals surface area contributed by atoms with Gasteiger partial charge in [0.2, 0.25) is 0 Å². The van der Waals surface area contributed by atoms with Crippen LogP contribution in [0, 0.1) is 5.92 Å². The van der Waals surface area contributed by atoms with E-state index in [9.17, 15) is 0 Å². The van der Waals surface area contributed by atoms with Crippen LogP contribution < -0.4 is 5.32 Å². The number of rotatable bonds is 8. The Kier molecular flexibility index (Phi) is 6.86. The van der Waals surface area contributed by atoms with E-state index in [4.69, 9.17) is 0 Å². The molecule has 0 aliphatic carbocycles. The van der Waals surface area contributed by atoms with Gasteiger partial charge in [-0.1, -0.05) is 38.8 Å². The minimum absolute atomic E-state index is 0.325. The number of hydrogen-bond acceptors (Lipinski definition) is 3. The highest BCUT2D eigenvalue weighted by Gasteiger charge is 2.24. The minimum atomic E-state index is 0.325. The Labute approximate surface area is 119 Å². The van der Waals surface area contributed by atoms with E-state index in [1.54, 1.807) is 0 Å². The van der Waals surface area contributed by atoms with Crippen molar-refractivity contribution in [3.8, 4) is 0 Å². The Morgan fingerprint density at radius 1 is 1.33 bits per heavy atom. The summed E-state index contributed by atoms with van der Waals surface area (Å²) in [7, 11) is 1.96. The van der Waals surface area contributed by atoms with Gasteiger partial charge < -0.3 is 5.32 Å². The average molecular weight is 317 g/mol. The van der Waals surface area contributed by atoms with Crippen LogP contribution in [-0.2, 0) is 7.05 Å². The van der Waals surface area contributed by atoms with Crippen molar-refractivity contribution >= 4 is 15.9 Å². The quantitative estimate of drug-likeness (QED) is 0.798. The zero-order valence-electron chi connectivity index (χ0n) is 11.9. The predicted molar refractivity (Wildman–Crippen MR) is 78.4 cm³/mol. The molecule has 2 atom stereocenters. The molecule has 1 N–H and O–H groups in total. The second-order valence-electron chi connectivity index (χ2n) is 4.94. The maximum Gasteiger partial charge on any atom is 0.153 e. The van der Waals surface area contributed by atoms with Crippen LogP contribution in [0.1, 0.15) is 58.2 Å². The highest BCUT2D eigenvalue weighted by atomic mass is 79.9. The summed E-state index contributed by atoms with van der Waals surface area (Å²) < 4.78 is 2.74. The first-order valence-corrected chi connectivity index (χ1v) is 7.69. The van der Waals surface area contributed by atoms with E-state index in [0.717, 1.165) is 23.3 Å². The molecule has 1 heterocycles. The van der Waals surface area contributed by atoms with Gasteiger partial charge in [-0.05, 0) is 41.2 Å². The smallest absolute Gasteiger partial charge is 0.153 e. The molecule has 0 amide bonds. The fourth-order valence-electron chi connectivity index (χ4n) is 2.23. The molecule has 0 bridgehead atoms. The lowest BCUT2D eigenvalue weighted by Crippen LogP contribution is -2.30. The van der Waals surface area contributed by atoms with Crippen molar-refractivity contribution in [1.82, 2.24) is 20.3 Å². The summed E-state index contributed by atoms with van der Waals surface area (Å²) in [5.74, 6) is 0.588. The fourth-order valence-corrected chi connectivity index (χ4v) is 2.80. The van der Waals surface area contributed by atoms with Crippen molar-refractivity contribution in [2.45, 2.75) is 52.5 Å². The molecule has 0 radical (unpaired) electrons. The van der Waals surface area contributed by atoms with E-state index in [2.05, 4.69) is 52.3 Å². The highest BCUT2D eigenvalue weighted by Crippen LogP contribution is 2.29. The SMILES string of the molecule is CCCCC(C)C(NCCC)c1c(Br)nnn1C. The van der Waals surface area contributed by atoms with Gasteiger partial charge in [0.15, 0.2) is 4.60 Å². The molecular weight excluding hydrogens is 292 g/mol. The van der Waals surface area contributed by atoms with E-state index < -0.39 is 0 Å². The van der Waals surface area contributed by atoms with Gasteiger partial charge in [0, 0.05) is 7.05 Å². The number of hydrogen-bond donors (Lipinski definition) is 1. The molecule has 4 nitrogen and oxygen atoms in total. The number of nitrogens with one attached hydrogen (secondary N) is 1. The Hall–Kier alpha value is -0.420. The molecular formula is C13H25BrN4. The molecule has 104 valence electrons. The number of halogens is 1. The Balaban J connectivity index is 2.83. The molecule has 2 unspecified atom stereocenters. The van der Waals surface area contributed by atoms with Crippen LogP contribution in [0.2, 0.25) is 0 Å². The van der Waals surface area contributed by atoms with Crippen molar-refractivity contribution in [2.24, 2.45) is 13.0 Å². The van der Waals surface area contributed by atoms with Gasteiger partial charge in [0.1, 0.15) is 0 Å². The van der Waals surface area contributed by atoms with Crippen molar-refractivity contribution in [1.29, 1.82) is 0 Å². The van der Waals surface area contributed by atoms with Crippen molar-refractivity contribution < 1.29 is 0 Å². The molecule has 18 heavy (non-hydrogen) atoms. The van der Waals surface area contributed by atoms with Gasteiger partial charge in [-0.15, -0.1) is 5.10 Å². The summed E-state index contributed by atoms with van der Waals surface area (Å²) in [5.41, 5.74) is 1.16. The first-order valence-electron chi connectivity index (χ1n) is 6.90. The average Bonchev–Trinajstić information content (AvgIpc) is 2.68. The second kappa shape index (κ2) is 7.89. The lowest BCUT2D eigenvalue weighted by molar-refractivity contribution is 0.341. The summed E-state index contributed by atoms with van der Waals surface area (Å²) >= 11 is 3.51. The first kappa shape index (κ1) is 15.6. The molecule has 0 aromatic carbocycles. The molecule has 0 saturated carbocycles. The van der Waals surface area contributed by atoms with Crippen molar-refractivity contribution in [3.63, 3.8) is 0 Å². The number of aryl methyl sites for hydroxylation is 1. The third kappa shape index (κ3) is 4.05. The lowest BCUT2D eigenvalue weighted by atomic mass is 9.93. The van der Waals surface area contributed by atoms with Crippen LogP contribution in [0.25, 0.3) is 0 Å². The monoisotopic (exact) mass is 316 g/mol. The fraction of sp³-hybridized carbons (Fsp3) is 0.846. The van der Waals surface area contributed by atoms with Crippen LogP contribution in [0.5, 0.6) is 0 Å². The van der Waals surface area contributed by atoms with E-state index >= 15 is 0 Å². The highest BCUT2D eigenvalue weighted by molar-refractivity contribution is 9.10. The topological polar surface area (TPSA) is 42.7 Å². The zero-order valence-corrected chi connectivity index (χ0v) is 13.5. The Bertz CT molecular complexity index is 331. The van der Waals surface area contributed by atoms with Gasteiger partial charge in [-0.2, -0.15) is 0 Å². The molecule has 1 aromatic rings. The summed E-state index contributed by atoms with van der Waals surface area (Å²) in [4.78, 5) is 0. The summed E-state index contributed by atoms with van der Waals surface area (Å²) in [6, 6.07) is 0.325. The van der Waals surface area contributed by atoms with E-state index in [-0.39, 0.29) is 0 Å². The van der Waals surface area contributed by atoms with Crippen LogP contribution in [0.4, 0.5) is 0 Å². The Morgan fingerprint density at radius 3 is 2.56 bits per heavy atom. The summed E-state index contributed by atoms with van der Waals surface area (Å²) in [5, 5.41) is 11.8. The number of nitrogens with zero attached hydrogens (tertiary/aromatic N) is 3. The Morgan fingerprint density at radius 2 is 2.06 bits per heavy atom. The maximum atomic E-state index is 4.10. The summed E-state index contributed by atoms with van der Waals surface area (Å²) in [6.45, 7) is 7.77. The van der Waals surface area contributed by atoms with Crippen LogP contribution in [-0.4, -0.2) is 21.5 Å². The standard InChI is InChI=1S/C13H25BrN4/c1-5-7-8-10(3)11(15-9-6-2)12-13(14)16-17-18(12)4/h10-11,15H,5-9H2,1-4H3. The third-order valence-electron chi connectivity index (χ3n) is 3.32. The lowest BCUT2D eigenvalue weighted by Gasteiger charge is -2.25. The largest absolute Gasteiger partial charge is 0.308 e.